The Bertz CT molecular complexity index is 1290. The number of methoxy groups -OCH3 is 1. The van der Waals surface area contributed by atoms with Crippen molar-refractivity contribution in [2.75, 3.05) is 35.3 Å². The largest absolute Gasteiger partial charge is 0.466 e. The summed E-state index contributed by atoms with van der Waals surface area (Å²) in [6, 6.07) is 6.58. The number of aromatic nitrogens is 1. The van der Waals surface area contributed by atoms with E-state index in [0.717, 1.165) is 16.5 Å². The molecular formula is C33H53N4O4+. The molecule has 0 bridgehead atoms. The molecule has 228 valence electrons. The van der Waals surface area contributed by atoms with Gasteiger partial charge in [-0.1, -0.05) is 58.9 Å². The maximum Gasteiger partial charge on any atom is 0.333 e. The van der Waals surface area contributed by atoms with E-state index in [0.29, 0.717) is 10.1 Å². The third-order valence-electron chi connectivity index (χ3n) is 8.10. The first-order chi connectivity index (χ1) is 18.7. The number of nitrogens with one attached hydrogen (secondary N) is 1. The number of esters is 1. The van der Waals surface area contributed by atoms with Gasteiger partial charge in [0.1, 0.15) is 6.04 Å². The van der Waals surface area contributed by atoms with Gasteiger partial charge in [0.15, 0.2) is 6.04 Å². The minimum atomic E-state index is -0.787. The van der Waals surface area contributed by atoms with Gasteiger partial charge in [0.2, 0.25) is 5.91 Å². The zero-order valence-electron chi connectivity index (χ0n) is 27.7. The Morgan fingerprint density at radius 2 is 1.61 bits per heavy atom. The second-order valence-electron chi connectivity index (χ2n) is 14.2. The lowest BCUT2D eigenvalue weighted by atomic mass is 9.75. The van der Waals surface area contributed by atoms with E-state index in [9.17, 15) is 14.4 Å². The topological polar surface area (TPSA) is 80.6 Å². The molecule has 1 unspecified atom stereocenters. The molecule has 1 heterocycles. The number of amides is 2. The number of quaternary nitrogens is 1. The molecule has 2 rings (SSSR count). The van der Waals surface area contributed by atoms with Crippen molar-refractivity contribution in [3.05, 3.63) is 47.7 Å². The van der Waals surface area contributed by atoms with E-state index in [1.165, 1.54) is 7.11 Å². The third-order valence-corrected chi connectivity index (χ3v) is 8.10. The van der Waals surface area contributed by atoms with Gasteiger partial charge in [0.25, 0.3) is 5.91 Å². The number of carbonyl (C=O) groups is 3. The van der Waals surface area contributed by atoms with Crippen LogP contribution in [0.15, 0.2) is 42.1 Å². The molecular weight excluding hydrogens is 516 g/mol. The van der Waals surface area contributed by atoms with Gasteiger partial charge in [-0.2, -0.15) is 0 Å². The fourth-order valence-corrected chi connectivity index (χ4v) is 6.11. The zero-order chi connectivity index (χ0) is 31.7. The number of aryl methyl sites for hydroxylation is 1. The molecule has 2 amide bonds. The van der Waals surface area contributed by atoms with Crippen molar-refractivity contribution in [1.29, 1.82) is 0 Å². The number of nitrogens with zero attached hydrogens (tertiary/aromatic N) is 3. The predicted octanol–water partition coefficient (Wildman–Crippen LogP) is 4.66. The Labute approximate surface area is 247 Å². The number of hydrogen-bond acceptors (Lipinski definition) is 4. The molecule has 0 aliphatic carbocycles. The number of hydrogen-bond donors (Lipinski definition) is 1. The fraction of sp³-hybridized carbons (Fsp3) is 0.606. The van der Waals surface area contributed by atoms with Crippen LogP contribution in [0.25, 0.3) is 10.9 Å². The third kappa shape index (κ3) is 7.39. The summed E-state index contributed by atoms with van der Waals surface area (Å²) in [5.41, 5.74) is 1.49. The highest BCUT2D eigenvalue weighted by Crippen LogP contribution is 2.38. The first kappa shape index (κ1) is 34.1. The van der Waals surface area contributed by atoms with Crippen LogP contribution in [-0.4, -0.2) is 85.2 Å². The summed E-state index contributed by atoms with van der Waals surface area (Å²) in [4.78, 5) is 42.2. The number of para-hydroxylation sites is 1. The van der Waals surface area contributed by atoms with Crippen molar-refractivity contribution in [2.24, 2.45) is 18.4 Å². The number of fused-ring (bicyclic) bond motifs is 1. The van der Waals surface area contributed by atoms with E-state index in [1.54, 1.807) is 24.9 Å². The summed E-state index contributed by atoms with van der Waals surface area (Å²) in [5.74, 6) is -0.788. The normalized spacial score (nSPS) is 15.4. The Kier molecular flexibility index (Phi) is 10.3. The molecule has 0 saturated carbocycles. The molecule has 8 heteroatoms. The molecule has 0 radical (unpaired) electrons. The molecule has 8 nitrogen and oxygen atoms in total. The number of benzene rings is 1. The van der Waals surface area contributed by atoms with Crippen LogP contribution >= 0.6 is 0 Å². The van der Waals surface area contributed by atoms with Crippen LogP contribution in [0.1, 0.15) is 61.0 Å². The first-order valence-electron chi connectivity index (χ1n) is 14.4. The Morgan fingerprint density at radius 3 is 2.10 bits per heavy atom. The highest BCUT2D eigenvalue weighted by molar-refractivity contribution is 5.92. The summed E-state index contributed by atoms with van der Waals surface area (Å²) in [7, 11) is 11.2. The predicted molar refractivity (Wildman–Crippen MR) is 166 cm³/mol. The lowest BCUT2D eigenvalue weighted by Crippen LogP contribution is -2.65. The molecule has 1 N–H and O–H groups in total. The molecule has 0 saturated heterocycles. The molecule has 1 aromatic heterocycles. The van der Waals surface area contributed by atoms with Crippen LogP contribution < -0.4 is 5.32 Å². The molecule has 1 aromatic carbocycles. The van der Waals surface area contributed by atoms with Crippen LogP contribution in [0, 0.1) is 11.3 Å². The number of carbonyl (C=O) groups excluding carboxylic acids is 3. The summed E-state index contributed by atoms with van der Waals surface area (Å²) in [5, 5.41) is 4.30. The summed E-state index contributed by atoms with van der Waals surface area (Å²) in [6.07, 6.45) is 3.89. The van der Waals surface area contributed by atoms with Crippen molar-refractivity contribution in [1.82, 2.24) is 14.8 Å². The van der Waals surface area contributed by atoms with E-state index >= 15 is 0 Å². The highest BCUT2D eigenvalue weighted by atomic mass is 16.5. The van der Waals surface area contributed by atoms with Crippen LogP contribution in [0.2, 0.25) is 0 Å². The van der Waals surface area contributed by atoms with Crippen molar-refractivity contribution in [3.63, 3.8) is 0 Å². The monoisotopic (exact) mass is 569 g/mol. The molecule has 0 aliphatic heterocycles. The van der Waals surface area contributed by atoms with Gasteiger partial charge < -0.3 is 24.0 Å². The lowest BCUT2D eigenvalue weighted by Gasteiger charge is -2.44. The number of rotatable bonds is 10. The summed E-state index contributed by atoms with van der Waals surface area (Å²) >= 11 is 0. The average Bonchev–Trinajstić information content (AvgIpc) is 3.19. The minimum Gasteiger partial charge on any atom is -0.466 e. The maximum atomic E-state index is 14.4. The summed E-state index contributed by atoms with van der Waals surface area (Å²) in [6.45, 7) is 15.8. The Hall–Kier alpha value is -3.13. The van der Waals surface area contributed by atoms with Crippen molar-refractivity contribution >= 4 is 28.7 Å². The smallest absolute Gasteiger partial charge is 0.333 e. The van der Waals surface area contributed by atoms with E-state index < -0.39 is 28.9 Å². The molecule has 0 aliphatic rings. The average molecular weight is 570 g/mol. The fourth-order valence-electron chi connectivity index (χ4n) is 6.11. The van der Waals surface area contributed by atoms with Crippen LogP contribution in [0.4, 0.5) is 0 Å². The van der Waals surface area contributed by atoms with Crippen molar-refractivity contribution in [3.8, 4) is 0 Å². The van der Waals surface area contributed by atoms with E-state index in [2.05, 4.69) is 42.1 Å². The molecule has 0 spiro atoms. The van der Waals surface area contributed by atoms with Gasteiger partial charge in [-0.05, 0) is 43.7 Å². The summed E-state index contributed by atoms with van der Waals surface area (Å²) < 4.78 is 7.35. The van der Waals surface area contributed by atoms with Gasteiger partial charge in [0.05, 0.1) is 39.7 Å². The number of likely N-dealkylation sites (N-methyl/N-ethyl adjacent to an activating group) is 2. The van der Waals surface area contributed by atoms with Crippen molar-refractivity contribution in [2.45, 2.75) is 78.9 Å². The second-order valence-corrected chi connectivity index (χ2v) is 14.2. The Balaban J connectivity index is 2.54. The van der Waals surface area contributed by atoms with Gasteiger partial charge in [0, 0.05) is 36.8 Å². The second kappa shape index (κ2) is 12.4. The molecule has 41 heavy (non-hydrogen) atoms. The van der Waals surface area contributed by atoms with Crippen molar-refractivity contribution < 1.29 is 23.6 Å². The minimum absolute atomic E-state index is 0.0316. The standard InChI is InChI=1S/C33H52N4O4/c1-21(2)26(19-22(3)31(40)41-14)36(10)30(39)27(32(4,5)6)34-29(38)28(37(11,12)13)33(7,8)24-20-35(9)25-18-16-15-17-23(24)25/h15-21,26-28H,1-14H3/p+1/t26-,27-,28?/m1/s1. The SMILES string of the molecule is COC(=O)C(C)=C[C@H](C(C)C)N(C)C(=O)[C@@H](NC(=O)C(C(C)(C)c1cn(C)c2ccccc12)[N+](C)(C)C)C(C)(C)C. The number of ether oxygens (including phenoxy) is 1. The maximum absolute atomic E-state index is 14.4. The van der Waals surface area contributed by atoms with Crippen LogP contribution in [0.5, 0.6) is 0 Å². The highest BCUT2D eigenvalue weighted by Gasteiger charge is 2.49. The molecule has 2 aromatic rings. The van der Waals surface area contributed by atoms with E-state index in [-0.39, 0.29) is 23.8 Å². The quantitative estimate of drug-likeness (QED) is 0.256. The first-order valence-corrected chi connectivity index (χ1v) is 14.4. The van der Waals surface area contributed by atoms with Gasteiger partial charge >= 0.3 is 5.97 Å². The van der Waals surface area contributed by atoms with E-state index in [1.807, 2.05) is 74.9 Å². The lowest BCUT2D eigenvalue weighted by molar-refractivity contribution is -0.891. The molecule has 0 fully saturated rings. The van der Waals surface area contributed by atoms with Gasteiger partial charge in [-0.15, -0.1) is 0 Å². The Morgan fingerprint density at radius 1 is 1.05 bits per heavy atom. The zero-order valence-corrected chi connectivity index (χ0v) is 27.7. The van der Waals surface area contributed by atoms with Crippen LogP contribution in [0.3, 0.4) is 0 Å². The van der Waals surface area contributed by atoms with Gasteiger partial charge in [-0.25, -0.2) is 4.79 Å². The molecule has 3 atom stereocenters. The van der Waals surface area contributed by atoms with Crippen LogP contribution in [-0.2, 0) is 31.6 Å². The van der Waals surface area contributed by atoms with Gasteiger partial charge in [-0.3, -0.25) is 9.59 Å². The van der Waals surface area contributed by atoms with E-state index in [4.69, 9.17) is 4.74 Å².